The fourth-order valence-electron chi connectivity index (χ4n) is 0.832. The summed E-state index contributed by atoms with van der Waals surface area (Å²) in [4.78, 5) is 27.1. The van der Waals surface area contributed by atoms with Crippen molar-refractivity contribution in [3.8, 4) is 0 Å². The van der Waals surface area contributed by atoms with E-state index in [1.807, 2.05) is 0 Å². The van der Waals surface area contributed by atoms with Crippen molar-refractivity contribution in [1.29, 1.82) is 0 Å². The van der Waals surface area contributed by atoms with Gasteiger partial charge >= 0.3 is 34.6 Å². The lowest BCUT2D eigenvalue weighted by Gasteiger charge is -2.30. The lowest BCUT2D eigenvalue weighted by atomic mass is 10.6. The molecular weight excluding hydrogens is 236 g/mol. The summed E-state index contributed by atoms with van der Waals surface area (Å²) in [5.41, 5.74) is 0. The van der Waals surface area contributed by atoms with Crippen molar-refractivity contribution < 1.29 is 33.5 Å². The number of carbonyl (C=O) groups is 1. The average molecular weight is 245 g/mol. The summed E-state index contributed by atoms with van der Waals surface area (Å²) < 4.78 is 19.0. The molecule has 80 valence electrons. The minimum absolute atomic E-state index is 0.900. The van der Waals surface area contributed by atoms with Crippen molar-refractivity contribution >= 4 is 22.0 Å². The van der Waals surface area contributed by atoms with Crippen molar-refractivity contribution in [3.63, 3.8) is 0 Å². The molecule has 14 heavy (non-hydrogen) atoms. The number of quaternary nitrogens is 1. The monoisotopic (exact) mass is 245 g/mol. The molecule has 2 unspecified atom stereocenters. The zero-order valence-electron chi connectivity index (χ0n) is 6.94. The number of hydroxylamine groups is 3. The molecule has 0 saturated carbocycles. The van der Waals surface area contributed by atoms with Gasteiger partial charge in [-0.05, 0) is 9.13 Å². The molecule has 0 aliphatic heterocycles. The fraction of sp³-hybridized carbons (Fsp3) is 0.750. The number of aliphatic carboxylic acids is 1. The van der Waals surface area contributed by atoms with Crippen LogP contribution in [-0.2, 0) is 13.9 Å². The third-order valence-corrected chi connectivity index (χ3v) is 2.70. The number of rotatable bonds is 6. The molecule has 0 amide bonds. The summed E-state index contributed by atoms with van der Waals surface area (Å²) in [5, 5.41) is 19.7. The number of hydrogen-bond acceptors (Lipinski definition) is 4. The van der Waals surface area contributed by atoms with E-state index in [0.29, 0.717) is 0 Å². The molecule has 0 saturated heterocycles. The van der Waals surface area contributed by atoms with Crippen LogP contribution in [0.1, 0.15) is 0 Å². The first-order valence-corrected chi connectivity index (χ1v) is 6.11. The lowest BCUT2D eigenvalue weighted by molar-refractivity contribution is -0.849. The maximum atomic E-state index is 11.4. The number of carboxylic acids is 1. The first-order valence-electron chi connectivity index (χ1n) is 3.31. The first-order chi connectivity index (χ1) is 6.25. The summed E-state index contributed by atoms with van der Waals surface area (Å²) in [6.45, 7) is -1.01. The van der Waals surface area contributed by atoms with Crippen LogP contribution in [0.25, 0.3) is 0 Å². The average Bonchev–Trinajstić information content (AvgIpc) is 1.76. The van der Waals surface area contributed by atoms with Gasteiger partial charge < -0.3 is 10.3 Å². The van der Waals surface area contributed by atoms with Crippen molar-refractivity contribution in [2.45, 2.75) is 0 Å². The molecule has 0 aromatic heterocycles. The van der Waals surface area contributed by atoms with Crippen LogP contribution < -0.4 is 0 Å². The molecule has 0 heterocycles. The summed E-state index contributed by atoms with van der Waals surface area (Å²) in [6, 6.07) is 0. The highest BCUT2D eigenvalue weighted by atomic mass is 31.1. The lowest BCUT2D eigenvalue weighted by Crippen LogP contribution is -2.45. The molecule has 0 bridgehead atoms. The third-order valence-electron chi connectivity index (χ3n) is 1.18. The maximum absolute atomic E-state index is 11.4. The number of hydrogen-bond donors (Lipinski definition) is 3. The van der Waals surface area contributed by atoms with E-state index in [2.05, 4.69) is 0 Å². The summed E-state index contributed by atoms with van der Waals surface area (Å²) in [6.07, 6.45) is -1.80. The van der Waals surface area contributed by atoms with Crippen LogP contribution in [0.2, 0.25) is 0 Å². The predicted molar refractivity (Wildman–Crippen MR) is 45.5 cm³/mol. The van der Waals surface area contributed by atoms with Crippen LogP contribution in [0, 0.1) is 5.21 Å². The summed E-state index contributed by atoms with van der Waals surface area (Å²) >= 11 is 0. The maximum Gasteiger partial charge on any atom is 0.566 e. The molecule has 0 fully saturated rings. The molecule has 0 rings (SSSR count). The van der Waals surface area contributed by atoms with E-state index >= 15 is 0 Å². The molecule has 0 spiro atoms. The summed E-state index contributed by atoms with van der Waals surface area (Å²) in [5.74, 6) is -1.49. The normalized spacial score (nSPS) is 17.1. The van der Waals surface area contributed by atoms with Gasteiger partial charge in [-0.15, -0.1) is 0 Å². The van der Waals surface area contributed by atoms with E-state index in [1.54, 1.807) is 0 Å². The highest BCUT2D eigenvalue weighted by Gasteiger charge is 2.37. The van der Waals surface area contributed by atoms with E-state index in [-0.39, 0.29) is 0 Å². The highest BCUT2D eigenvalue weighted by Crippen LogP contribution is 2.27. The number of nitrogens with zero attached hydrogens (tertiary/aromatic N) is 1. The largest absolute Gasteiger partial charge is 0.626 e. The Kier molecular flexibility index (Phi) is 5.22. The minimum Gasteiger partial charge on any atom is -0.626 e. The Hall–Kier alpha value is -0.490. The molecular formula is C4H9NO7P2+2. The first kappa shape index (κ1) is 13.5. The van der Waals surface area contributed by atoms with Gasteiger partial charge in [0.25, 0.3) is 0 Å². The van der Waals surface area contributed by atoms with Crippen LogP contribution in [-0.4, -0.2) is 44.6 Å². The molecule has 8 nitrogen and oxygen atoms in total. The SMILES string of the molecule is O=C(O)C[N+]([O-])(C[P+](=O)O)C[P+](=O)O. The van der Waals surface area contributed by atoms with E-state index in [4.69, 9.17) is 14.9 Å². The zero-order chi connectivity index (χ0) is 11.4. The second-order valence-corrected chi connectivity index (χ2v) is 4.57. The van der Waals surface area contributed by atoms with Gasteiger partial charge in [0.15, 0.2) is 6.54 Å². The molecule has 10 heteroatoms. The second kappa shape index (κ2) is 5.41. The van der Waals surface area contributed by atoms with Crippen LogP contribution in [0.4, 0.5) is 0 Å². The Morgan fingerprint density at radius 3 is 1.79 bits per heavy atom. The van der Waals surface area contributed by atoms with E-state index in [9.17, 15) is 19.1 Å². The summed E-state index contributed by atoms with van der Waals surface area (Å²) in [7, 11) is -5.69. The quantitative estimate of drug-likeness (QED) is 0.334. The van der Waals surface area contributed by atoms with E-state index in [1.165, 1.54) is 0 Å². The van der Waals surface area contributed by atoms with Gasteiger partial charge in [-0.25, -0.2) is 4.79 Å². The second-order valence-electron chi connectivity index (χ2n) is 2.60. The van der Waals surface area contributed by atoms with Crippen molar-refractivity contribution in [2.24, 2.45) is 0 Å². The van der Waals surface area contributed by atoms with Crippen LogP contribution >= 0.6 is 16.1 Å². The van der Waals surface area contributed by atoms with Gasteiger partial charge in [0.05, 0.1) is 0 Å². The van der Waals surface area contributed by atoms with Gasteiger partial charge in [-0.3, -0.25) is 4.65 Å². The molecule has 3 N–H and O–H groups in total. The van der Waals surface area contributed by atoms with Gasteiger partial charge in [-0.2, -0.15) is 9.79 Å². The van der Waals surface area contributed by atoms with Crippen molar-refractivity contribution in [2.75, 3.05) is 19.1 Å². The number of carboxylic acid groups (broad SMARTS) is 1. The molecule has 0 aromatic carbocycles. The molecule has 0 aliphatic rings. The van der Waals surface area contributed by atoms with Gasteiger partial charge in [0.1, 0.15) is 0 Å². The molecule has 0 aliphatic carbocycles. The van der Waals surface area contributed by atoms with Crippen molar-refractivity contribution in [1.82, 2.24) is 0 Å². The molecule has 0 radical (unpaired) electrons. The Balaban J connectivity index is 4.56. The standard InChI is InChI=1S/C4H7NO7P2/c6-4(7)1-5(8,2-13(9)10)3-14(11)12/h1-3H2,(H-2,6,7,9,10,11,12)/p+2. The van der Waals surface area contributed by atoms with Crippen molar-refractivity contribution in [3.05, 3.63) is 5.21 Å². The Bertz CT molecular complexity index is 226. The molecule has 0 aromatic rings. The van der Waals surface area contributed by atoms with Gasteiger partial charge in [-0.1, -0.05) is 0 Å². The van der Waals surface area contributed by atoms with Gasteiger partial charge in [0, 0.05) is 0 Å². The van der Waals surface area contributed by atoms with Gasteiger partial charge in [0.2, 0.25) is 0 Å². The minimum atomic E-state index is -2.84. The van der Waals surface area contributed by atoms with E-state index in [0.717, 1.165) is 0 Å². The topological polar surface area (TPSA) is 135 Å². The predicted octanol–water partition coefficient (Wildman–Crippen LogP) is -0.230. The highest BCUT2D eigenvalue weighted by molar-refractivity contribution is 7.38. The Morgan fingerprint density at radius 2 is 1.57 bits per heavy atom. The van der Waals surface area contributed by atoms with Crippen LogP contribution in [0.5, 0.6) is 0 Å². The van der Waals surface area contributed by atoms with Crippen LogP contribution in [0.15, 0.2) is 0 Å². The Morgan fingerprint density at radius 1 is 1.21 bits per heavy atom. The Labute approximate surface area is 80.7 Å². The van der Waals surface area contributed by atoms with Crippen LogP contribution in [0.3, 0.4) is 0 Å². The zero-order valence-corrected chi connectivity index (χ0v) is 8.73. The fourth-order valence-corrected chi connectivity index (χ4v) is 2.27. The van der Waals surface area contributed by atoms with E-state index < -0.39 is 45.8 Å². The smallest absolute Gasteiger partial charge is 0.566 e. The molecule has 2 atom stereocenters. The third kappa shape index (κ3) is 6.04.